The van der Waals surface area contributed by atoms with Crippen LogP contribution in [0, 0.1) is 0 Å². The molecular formula is C24H21N5. The molecule has 5 heteroatoms. The number of nitrogens with zero attached hydrogens (tertiary/aromatic N) is 3. The van der Waals surface area contributed by atoms with Gasteiger partial charge in [-0.2, -0.15) is 0 Å². The number of dihydropyridines is 1. The zero-order valence-electron chi connectivity index (χ0n) is 16.4. The molecule has 0 amide bonds. The van der Waals surface area contributed by atoms with E-state index in [9.17, 15) is 0 Å². The topological polar surface area (TPSA) is 62.7 Å². The molecule has 0 saturated heterocycles. The van der Waals surface area contributed by atoms with Crippen molar-refractivity contribution in [2.45, 2.75) is 13.8 Å². The molecule has 1 aliphatic rings. The van der Waals surface area contributed by atoms with Crippen molar-refractivity contribution in [2.75, 3.05) is 11.9 Å². The summed E-state index contributed by atoms with van der Waals surface area (Å²) in [6, 6.07) is 18.3. The fourth-order valence-corrected chi connectivity index (χ4v) is 3.60. The summed E-state index contributed by atoms with van der Waals surface area (Å²) in [6.07, 6.45) is 3.93. The van der Waals surface area contributed by atoms with Gasteiger partial charge in [0.05, 0.1) is 5.52 Å². The van der Waals surface area contributed by atoms with E-state index in [1.807, 2.05) is 48.7 Å². The first-order valence-corrected chi connectivity index (χ1v) is 9.69. The molecule has 2 N–H and O–H groups in total. The molecule has 2 aromatic carbocycles. The van der Waals surface area contributed by atoms with E-state index in [1.54, 1.807) is 0 Å². The summed E-state index contributed by atoms with van der Waals surface area (Å²) in [5.41, 5.74) is 5.12. The third-order valence-electron chi connectivity index (χ3n) is 5.19. The molecule has 3 heterocycles. The molecule has 5 nitrogen and oxygen atoms in total. The van der Waals surface area contributed by atoms with Crippen LogP contribution in [-0.2, 0) is 0 Å². The predicted molar refractivity (Wildman–Crippen MR) is 118 cm³/mol. The SMILES string of the molecule is CC1=CC(Nc2nc(-c3nccc4ccccc34)nc3ccccc23)=C(C)CN1. The lowest BCUT2D eigenvalue weighted by Gasteiger charge is -2.20. The number of para-hydroxylation sites is 1. The standard InChI is InChI=1S/C24H21N5/c1-15-14-26-16(2)13-21(15)28-23-19-9-5-6-10-20(19)27-24(29-23)22-18-8-4-3-7-17(18)11-12-25-22/h3-13,26H,14H2,1-2H3,(H,27,28,29). The molecule has 1 aliphatic heterocycles. The number of rotatable bonds is 3. The molecule has 0 fully saturated rings. The summed E-state index contributed by atoms with van der Waals surface area (Å²) in [5.74, 6) is 1.41. The molecule has 2 aromatic heterocycles. The molecule has 0 aliphatic carbocycles. The Hall–Kier alpha value is -3.73. The minimum Gasteiger partial charge on any atom is -0.385 e. The maximum absolute atomic E-state index is 4.91. The van der Waals surface area contributed by atoms with Crippen molar-refractivity contribution < 1.29 is 0 Å². The number of fused-ring (bicyclic) bond motifs is 2. The van der Waals surface area contributed by atoms with Gasteiger partial charge in [-0.3, -0.25) is 4.98 Å². The largest absolute Gasteiger partial charge is 0.385 e. The van der Waals surface area contributed by atoms with Crippen LogP contribution in [0.1, 0.15) is 13.8 Å². The van der Waals surface area contributed by atoms with Crippen molar-refractivity contribution in [3.63, 3.8) is 0 Å². The number of benzene rings is 2. The zero-order valence-corrected chi connectivity index (χ0v) is 16.4. The first kappa shape index (κ1) is 17.4. The first-order valence-electron chi connectivity index (χ1n) is 9.69. The number of aromatic nitrogens is 3. The van der Waals surface area contributed by atoms with Crippen LogP contribution < -0.4 is 10.6 Å². The van der Waals surface area contributed by atoms with E-state index < -0.39 is 0 Å². The van der Waals surface area contributed by atoms with E-state index in [0.717, 1.165) is 51.1 Å². The second-order valence-corrected chi connectivity index (χ2v) is 7.29. The Labute approximate surface area is 169 Å². The normalized spacial score (nSPS) is 14.1. The van der Waals surface area contributed by atoms with Gasteiger partial charge in [-0.15, -0.1) is 0 Å². The molecule has 0 saturated carbocycles. The lowest BCUT2D eigenvalue weighted by molar-refractivity contribution is 0.840. The smallest absolute Gasteiger partial charge is 0.181 e. The number of anilines is 1. The van der Waals surface area contributed by atoms with Gasteiger partial charge in [0.1, 0.15) is 11.5 Å². The van der Waals surface area contributed by atoms with E-state index in [4.69, 9.17) is 9.97 Å². The molecule has 0 atom stereocenters. The van der Waals surface area contributed by atoms with Gasteiger partial charge in [0.2, 0.25) is 0 Å². The second kappa shape index (κ2) is 7.02. The number of hydrogen-bond acceptors (Lipinski definition) is 5. The first-order chi connectivity index (χ1) is 14.2. The van der Waals surface area contributed by atoms with Crippen LogP contribution in [0.5, 0.6) is 0 Å². The molecule has 5 rings (SSSR count). The molecule has 142 valence electrons. The van der Waals surface area contributed by atoms with Gasteiger partial charge < -0.3 is 10.6 Å². The van der Waals surface area contributed by atoms with Gasteiger partial charge in [-0.05, 0) is 49.1 Å². The van der Waals surface area contributed by atoms with Gasteiger partial charge in [-0.1, -0.05) is 36.4 Å². The highest BCUT2D eigenvalue weighted by Crippen LogP contribution is 2.29. The molecule has 0 radical (unpaired) electrons. The van der Waals surface area contributed by atoms with E-state index in [0.29, 0.717) is 5.82 Å². The average molecular weight is 379 g/mol. The number of allylic oxidation sites excluding steroid dienone is 2. The highest BCUT2D eigenvalue weighted by atomic mass is 15.1. The third-order valence-corrected chi connectivity index (χ3v) is 5.19. The maximum Gasteiger partial charge on any atom is 0.181 e. The van der Waals surface area contributed by atoms with Crippen LogP contribution in [-0.4, -0.2) is 21.5 Å². The number of nitrogens with one attached hydrogen (secondary N) is 2. The van der Waals surface area contributed by atoms with Gasteiger partial charge in [0.15, 0.2) is 5.82 Å². The van der Waals surface area contributed by atoms with Crippen LogP contribution in [0.3, 0.4) is 0 Å². The predicted octanol–water partition coefficient (Wildman–Crippen LogP) is 5.04. The summed E-state index contributed by atoms with van der Waals surface area (Å²) in [6.45, 7) is 5.01. The molecular weight excluding hydrogens is 358 g/mol. The maximum atomic E-state index is 4.91. The van der Waals surface area contributed by atoms with Crippen LogP contribution in [0.4, 0.5) is 5.82 Å². The summed E-state index contributed by atoms with van der Waals surface area (Å²) < 4.78 is 0. The van der Waals surface area contributed by atoms with Crippen molar-refractivity contribution in [3.8, 4) is 11.5 Å². The van der Waals surface area contributed by atoms with Crippen LogP contribution in [0.2, 0.25) is 0 Å². The Balaban J connectivity index is 1.71. The Bertz CT molecular complexity index is 1300. The van der Waals surface area contributed by atoms with E-state index >= 15 is 0 Å². The fraction of sp³-hybridized carbons (Fsp3) is 0.125. The van der Waals surface area contributed by atoms with Crippen molar-refractivity contribution >= 4 is 27.5 Å². The van der Waals surface area contributed by atoms with E-state index in [2.05, 4.69) is 47.7 Å². The van der Waals surface area contributed by atoms with Crippen molar-refractivity contribution in [1.29, 1.82) is 0 Å². The minimum absolute atomic E-state index is 0.621. The van der Waals surface area contributed by atoms with E-state index in [-0.39, 0.29) is 0 Å². The lowest BCUT2D eigenvalue weighted by atomic mass is 10.1. The third kappa shape index (κ3) is 3.21. The Morgan fingerprint density at radius 3 is 2.59 bits per heavy atom. The molecule has 0 unspecified atom stereocenters. The quantitative estimate of drug-likeness (QED) is 0.522. The van der Waals surface area contributed by atoms with Crippen molar-refractivity contribution in [3.05, 3.63) is 83.8 Å². The fourth-order valence-electron chi connectivity index (χ4n) is 3.60. The Kier molecular flexibility index (Phi) is 4.21. The summed E-state index contributed by atoms with van der Waals surface area (Å²) >= 11 is 0. The highest BCUT2D eigenvalue weighted by molar-refractivity contribution is 5.96. The second-order valence-electron chi connectivity index (χ2n) is 7.29. The van der Waals surface area contributed by atoms with Crippen LogP contribution in [0.15, 0.2) is 83.8 Å². The Morgan fingerprint density at radius 1 is 0.897 bits per heavy atom. The van der Waals surface area contributed by atoms with Gasteiger partial charge in [0, 0.05) is 34.9 Å². The summed E-state index contributed by atoms with van der Waals surface area (Å²) in [4.78, 5) is 14.3. The summed E-state index contributed by atoms with van der Waals surface area (Å²) in [7, 11) is 0. The number of hydrogen-bond donors (Lipinski definition) is 2. The van der Waals surface area contributed by atoms with E-state index in [1.165, 1.54) is 5.57 Å². The van der Waals surface area contributed by atoms with Crippen molar-refractivity contribution in [2.24, 2.45) is 0 Å². The molecule has 29 heavy (non-hydrogen) atoms. The van der Waals surface area contributed by atoms with Crippen LogP contribution >= 0.6 is 0 Å². The number of pyridine rings is 1. The Morgan fingerprint density at radius 2 is 1.69 bits per heavy atom. The monoisotopic (exact) mass is 379 g/mol. The van der Waals surface area contributed by atoms with Crippen molar-refractivity contribution in [1.82, 2.24) is 20.3 Å². The lowest BCUT2D eigenvalue weighted by Crippen LogP contribution is -2.21. The van der Waals surface area contributed by atoms with Crippen LogP contribution in [0.25, 0.3) is 33.2 Å². The minimum atomic E-state index is 0.621. The van der Waals surface area contributed by atoms with Gasteiger partial charge in [0.25, 0.3) is 0 Å². The van der Waals surface area contributed by atoms with Gasteiger partial charge in [-0.25, -0.2) is 9.97 Å². The average Bonchev–Trinajstić information content (AvgIpc) is 2.76. The summed E-state index contributed by atoms with van der Waals surface area (Å²) in [5, 5.41) is 10.1. The molecule has 4 aromatic rings. The highest BCUT2D eigenvalue weighted by Gasteiger charge is 2.15. The van der Waals surface area contributed by atoms with Gasteiger partial charge >= 0.3 is 0 Å². The molecule has 0 bridgehead atoms. The molecule has 0 spiro atoms. The zero-order chi connectivity index (χ0) is 19.8.